The van der Waals surface area contributed by atoms with Crippen molar-refractivity contribution in [2.24, 2.45) is 0 Å². The molecule has 0 aliphatic carbocycles. The Morgan fingerprint density at radius 2 is 1.62 bits per heavy atom. The van der Waals surface area contributed by atoms with Gasteiger partial charge in [-0.15, -0.1) is 0 Å². The van der Waals surface area contributed by atoms with Crippen molar-refractivity contribution in [2.45, 2.75) is 38.6 Å². The van der Waals surface area contributed by atoms with Crippen molar-refractivity contribution in [3.63, 3.8) is 0 Å². The van der Waals surface area contributed by atoms with Crippen molar-refractivity contribution in [2.75, 3.05) is 5.32 Å². The van der Waals surface area contributed by atoms with Gasteiger partial charge in [-0.05, 0) is 45.9 Å². The molecule has 2 aromatic rings. The van der Waals surface area contributed by atoms with Gasteiger partial charge >= 0.3 is 0 Å². The minimum absolute atomic E-state index is 0.0142. The largest absolute Gasteiger partial charge is 0.290 e. The molecule has 0 radical (unpaired) electrons. The summed E-state index contributed by atoms with van der Waals surface area (Å²) in [6.07, 6.45) is 0. The van der Waals surface area contributed by atoms with Gasteiger partial charge in [0, 0.05) is 17.4 Å². The lowest BCUT2D eigenvalue weighted by atomic mass is 10.2. The summed E-state index contributed by atoms with van der Waals surface area (Å²) < 4.78 is 27.2. The molecular weight excluding hydrogens is 399 g/mol. The van der Waals surface area contributed by atoms with Crippen LogP contribution in [-0.4, -0.2) is 30.3 Å². The maximum absolute atomic E-state index is 12.5. The normalized spacial score (nSPS) is 11.7. The number of hydrogen-bond acceptors (Lipinski definition) is 5. The molecule has 0 spiro atoms. The Labute approximate surface area is 162 Å². The Morgan fingerprint density at radius 3 is 2.15 bits per heavy atom. The van der Waals surface area contributed by atoms with E-state index in [1.165, 1.54) is 6.07 Å². The maximum atomic E-state index is 12.5. The lowest BCUT2D eigenvalue weighted by Gasteiger charge is -2.13. The van der Waals surface area contributed by atoms with E-state index in [9.17, 15) is 13.2 Å². The molecule has 0 fully saturated rings. The molecule has 1 aromatic carbocycles. The number of hydrogen-bond donors (Lipinski definition) is 2. The Kier molecular flexibility index (Phi) is 6.23. The van der Waals surface area contributed by atoms with Crippen LogP contribution in [0.25, 0.3) is 0 Å². The van der Waals surface area contributed by atoms with Gasteiger partial charge in [-0.25, -0.2) is 23.1 Å². The minimum Gasteiger partial charge on any atom is -0.290 e. The number of aromatic nitrogens is 2. The van der Waals surface area contributed by atoms with Gasteiger partial charge in [0.25, 0.3) is 5.91 Å². The third kappa shape index (κ3) is 4.91. The average molecular weight is 417 g/mol. The van der Waals surface area contributed by atoms with Gasteiger partial charge in [-0.1, -0.05) is 23.2 Å². The molecule has 0 bridgehead atoms. The number of carbonyl (C=O) groups is 1. The summed E-state index contributed by atoms with van der Waals surface area (Å²) in [4.78, 5) is 20.5. The second-order valence-corrected chi connectivity index (χ2v) is 8.46. The maximum Gasteiger partial charge on any atom is 0.259 e. The van der Waals surface area contributed by atoms with Gasteiger partial charge in [0.15, 0.2) is 0 Å². The molecule has 1 amide bonds. The number of nitrogens with one attached hydrogen (secondary N) is 2. The molecule has 0 saturated heterocycles. The average Bonchev–Trinajstić information content (AvgIpc) is 2.43. The third-order valence-corrected chi connectivity index (χ3v) is 5.59. The van der Waals surface area contributed by atoms with E-state index in [4.69, 9.17) is 23.2 Å². The summed E-state index contributed by atoms with van der Waals surface area (Å²) in [5, 5.41) is 2.45. The monoisotopic (exact) mass is 416 g/mol. The van der Waals surface area contributed by atoms with Gasteiger partial charge in [0.1, 0.15) is 4.90 Å². The molecule has 0 atom stereocenters. The van der Waals surface area contributed by atoms with Crippen LogP contribution in [0.1, 0.15) is 35.6 Å². The van der Waals surface area contributed by atoms with Gasteiger partial charge in [0.2, 0.25) is 16.0 Å². The Morgan fingerprint density at radius 1 is 1.04 bits per heavy atom. The number of halogens is 2. The Hall–Kier alpha value is -1.74. The molecule has 1 aromatic heterocycles. The molecule has 10 heteroatoms. The van der Waals surface area contributed by atoms with Crippen LogP contribution in [-0.2, 0) is 10.0 Å². The van der Waals surface area contributed by atoms with E-state index in [0.717, 1.165) is 6.07 Å². The van der Waals surface area contributed by atoms with Crippen LogP contribution in [0.3, 0.4) is 0 Å². The fourth-order valence-electron chi connectivity index (χ4n) is 2.23. The highest BCUT2D eigenvalue weighted by Gasteiger charge is 2.23. The molecule has 0 aliphatic heterocycles. The fraction of sp³-hybridized carbons (Fsp3) is 0.312. The van der Waals surface area contributed by atoms with E-state index < -0.39 is 15.9 Å². The Bertz CT molecular complexity index is 942. The summed E-state index contributed by atoms with van der Waals surface area (Å²) in [5.41, 5.74) is 1.31. The van der Waals surface area contributed by atoms with E-state index in [0.29, 0.717) is 11.4 Å². The van der Waals surface area contributed by atoms with E-state index in [1.807, 2.05) is 0 Å². The molecular formula is C16H18Cl2N4O3S. The summed E-state index contributed by atoms with van der Waals surface area (Å²) >= 11 is 12.1. The predicted molar refractivity (Wildman–Crippen MR) is 101 cm³/mol. The highest BCUT2D eigenvalue weighted by molar-refractivity contribution is 7.89. The molecule has 0 unspecified atom stereocenters. The van der Waals surface area contributed by atoms with Crippen molar-refractivity contribution in [1.29, 1.82) is 0 Å². The number of aryl methyl sites for hydroxylation is 2. The first-order valence-electron chi connectivity index (χ1n) is 7.64. The summed E-state index contributed by atoms with van der Waals surface area (Å²) in [7, 11) is -3.90. The second-order valence-electron chi connectivity index (χ2n) is 5.97. The standard InChI is InChI=1S/C16H18Cl2N4O3S/c1-8(2)22-26(24,25)14-6-11(12(17)7-13(14)18)15(23)21-16-19-9(3)5-10(4)20-16/h5-8,22H,1-4H3,(H,19,20,21,23). The summed E-state index contributed by atoms with van der Waals surface area (Å²) in [5.74, 6) is -0.541. The van der Waals surface area contributed by atoms with Crippen molar-refractivity contribution in [3.05, 3.63) is 45.2 Å². The number of anilines is 1. The number of nitrogens with zero attached hydrogens (tertiary/aromatic N) is 2. The molecule has 26 heavy (non-hydrogen) atoms. The number of sulfonamides is 1. The molecule has 140 valence electrons. The van der Waals surface area contributed by atoms with Crippen molar-refractivity contribution in [1.82, 2.24) is 14.7 Å². The lowest BCUT2D eigenvalue weighted by Crippen LogP contribution is -2.30. The topological polar surface area (TPSA) is 101 Å². The zero-order valence-corrected chi connectivity index (χ0v) is 16.9. The molecule has 1 heterocycles. The Balaban J connectivity index is 2.43. The number of amides is 1. The van der Waals surface area contributed by atoms with Crippen molar-refractivity contribution < 1.29 is 13.2 Å². The lowest BCUT2D eigenvalue weighted by molar-refractivity contribution is 0.102. The fourth-order valence-corrected chi connectivity index (χ4v) is 4.34. The van der Waals surface area contributed by atoms with Gasteiger partial charge in [-0.2, -0.15) is 0 Å². The first-order valence-corrected chi connectivity index (χ1v) is 9.88. The number of rotatable bonds is 5. The molecule has 2 N–H and O–H groups in total. The van der Waals surface area contributed by atoms with E-state index in [2.05, 4.69) is 20.0 Å². The molecule has 0 aliphatic rings. The molecule has 2 rings (SSSR count). The minimum atomic E-state index is -3.90. The van der Waals surface area contributed by atoms with Crippen molar-refractivity contribution >= 4 is 45.1 Å². The summed E-state index contributed by atoms with van der Waals surface area (Å²) in [6.45, 7) is 6.88. The predicted octanol–water partition coefficient (Wildman–Crippen LogP) is 3.34. The number of benzene rings is 1. The van der Waals surface area contributed by atoms with Crippen LogP contribution in [0.4, 0.5) is 5.95 Å². The molecule has 0 saturated carbocycles. The van der Waals surface area contributed by atoms with Crippen molar-refractivity contribution in [3.8, 4) is 0 Å². The van der Waals surface area contributed by atoms with E-state index in [1.54, 1.807) is 33.8 Å². The molecule has 7 nitrogen and oxygen atoms in total. The zero-order chi connectivity index (χ0) is 19.6. The van der Waals surface area contributed by atoms with Crippen LogP contribution >= 0.6 is 23.2 Å². The zero-order valence-electron chi connectivity index (χ0n) is 14.6. The van der Waals surface area contributed by atoms with E-state index in [-0.39, 0.29) is 32.5 Å². The van der Waals surface area contributed by atoms with Crippen LogP contribution in [0, 0.1) is 13.8 Å². The SMILES string of the molecule is Cc1cc(C)nc(NC(=O)c2cc(S(=O)(=O)NC(C)C)c(Cl)cc2Cl)n1. The third-order valence-electron chi connectivity index (χ3n) is 3.15. The highest BCUT2D eigenvalue weighted by Crippen LogP contribution is 2.29. The smallest absolute Gasteiger partial charge is 0.259 e. The van der Waals surface area contributed by atoms with E-state index >= 15 is 0 Å². The second kappa shape index (κ2) is 7.87. The van der Waals surface area contributed by atoms with Gasteiger partial charge in [0.05, 0.1) is 15.6 Å². The summed E-state index contributed by atoms with van der Waals surface area (Å²) in [6, 6.07) is 3.77. The quantitative estimate of drug-likeness (QED) is 0.777. The van der Waals surface area contributed by atoms with Gasteiger partial charge < -0.3 is 0 Å². The first-order chi connectivity index (χ1) is 12.0. The van der Waals surface area contributed by atoms with Gasteiger partial charge in [-0.3, -0.25) is 10.1 Å². The first kappa shape index (κ1) is 20.6. The van der Waals surface area contributed by atoms with Crippen LogP contribution in [0.15, 0.2) is 23.1 Å². The van der Waals surface area contributed by atoms with Crippen LogP contribution < -0.4 is 10.0 Å². The van der Waals surface area contributed by atoms with Crippen LogP contribution in [0.2, 0.25) is 10.0 Å². The number of carbonyl (C=O) groups excluding carboxylic acids is 1. The van der Waals surface area contributed by atoms with Crippen LogP contribution in [0.5, 0.6) is 0 Å². The highest BCUT2D eigenvalue weighted by atomic mass is 35.5.